The summed E-state index contributed by atoms with van der Waals surface area (Å²) >= 11 is 0. The highest BCUT2D eigenvalue weighted by Crippen LogP contribution is 2.38. The first kappa shape index (κ1) is 15.1. The predicted molar refractivity (Wildman–Crippen MR) is 81.6 cm³/mol. The van der Waals surface area contributed by atoms with E-state index >= 15 is 0 Å². The van der Waals surface area contributed by atoms with Crippen LogP contribution < -0.4 is 20.7 Å². The second-order valence-corrected chi connectivity index (χ2v) is 5.55. The number of methoxy groups -OCH3 is 1. The molecule has 0 aliphatic rings. The maximum Gasteiger partial charge on any atom is 0.268 e. The molecular formula is C15H20N4O2. The first-order chi connectivity index (χ1) is 9.97. The standard InChI is InChI=1S/C15H20N4O2/c1-15(2,3)10-7-5-6-8-11(10)21-14-12(20-4)13(19-16)17-9-18-14/h5-9H,16H2,1-4H3,(H,17,18,19). The van der Waals surface area contributed by atoms with Gasteiger partial charge in [-0.15, -0.1) is 0 Å². The van der Waals surface area contributed by atoms with Crippen LogP contribution in [0.25, 0.3) is 0 Å². The van der Waals surface area contributed by atoms with Crippen molar-refractivity contribution in [3.8, 4) is 17.4 Å². The fourth-order valence-electron chi connectivity index (χ4n) is 2.00. The van der Waals surface area contributed by atoms with Crippen molar-refractivity contribution in [3.63, 3.8) is 0 Å². The number of hydrogen-bond acceptors (Lipinski definition) is 6. The molecule has 6 nitrogen and oxygen atoms in total. The van der Waals surface area contributed by atoms with Crippen molar-refractivity contribution in [1.29, 1.82) is 0 Å². The van der Waals surface area contributed by atoms with Crippen LogP contribution in [-0.4, -0.2) is 17.1 Å². The zero-order chi connectivity index (χ0) is 15.5. The SMILES string of the molecule is COc1c(NN)ncnc1Oc1ccccc1C(C)(C)C. The summed E-state index contributed by atoms with van der Waals surface area (Å²) in [5, 5.41) is 0. The van der Waals surface area contributed by atoms with Gasteiger partial charge in [-0.2, -0.15) is 4.98 Å². The molecule has 0 atom stereocenters. The molecule has 1 heterocycles. The minimum Gasteiger partial charge on any atom is -0.489 e. The average molecular weight is 288 g/mol. The van der Waals surface area contributed by atoms with Gasteiger partial charge < -0.3 is 14.9 Å². The summed E-state index contributed by atoms with van der Waals surface area (Å²) in [5.41, 5.74) is 3.49. The molecular weight excluding hydrogens is 268 g/mol. The molecule has 2 aromatic rings. The van der Waals surface area contributed by atoms with Crippen LogP contribution in [0.3, 0.4) is 0 Å². The number of rotatable bonds is 4. The normalized spacial score (nSPS) is 11.1. The van der Waals surface area contributed by atoms with E-state index in [4.69, 9.17) is 15.3 Å². The maximum absolute atomic E-state index is 5.93. The number of nitrogens with two attached hydrogens (primary N) is 1. The number of nitrogens with zero attached hydrogens (tertiary/aromatic N) is 2. The van der Waals surface area contributed by atoms with Gasteiger partial charge in [0.15, 0.2) is 5.82 Å². The number of para-hydroxylation sites is 1. The van der Waals surface area contributed by atoms with Gasteiger partial charge in [-0.05, 0) is 11.5 Å². The number of anilines is 1. The zero-order valence-electron chi connectivity index (χ0n) is 12.7. The second kappa shape index (κ2) is 5.97. The van der Waals surface area contributed by atoms with Crippen LogP contribution in [0.1, 0.15) is 26.3 Å². The van der Waals surface area contributed by atoms with Gasteiger partial charge >= 0.3 is 0 Å². The summed E-state index contributed by atoms with van der Waals surface area (Å²) in [6, 6.07) is 7.83. The average Bonchev–Trinajstić information content (AvgIpc) is 2.46. The Balaban J connectivity index is 2.44. The molecule has 0 saturated carbocycles. The van der Waals surface area contributed by atoms with E-state index in [0.717, 1.165) is 11.3 Å². The minimum atomic E-state index is -0.0498. The number of aromatic nitrogens is 2. The van der Waals surface area contributed by atoms with Gasteiger partial charge in [0.1, 0.15) is 12.1 Å². The molecule has 0 unspecified atom stereocenters. The number of ether oxygens (including phenoxy) is 2. The van der Waals surface area contributed by atoms with E-state index in [1.165, 1.54) is 13.4 Å². The van der Waals surface area contributed by atoms with Gasteiger partial charge in [0.05, 0.1) is 7.11 Å². The minimum absolute atomic E-state index is 0.0498. The Labute approximate surface area is 124 Å². The van der Waals surface area contributed by atoms with Crippen LogP contribution in [0.2, 0.25) is 0 Å². The molecule has 0 aliphatic heterocycles. The maximum atomic E-state index is 5.93. The van der Waals surface area contributed by atoms with E-state index in [9.17, 15) is 0 Å². The first-order valence-electron chi connectivity index (χ1n) is 6.60. The summed E-state index contributed by atoms with van der Waals surface area (Å²) in [6.07, 6.45) is 1.37. The lowest BCUT2D eigenvalue weighted by molar-refractivity contribution is 0.364. The number of hydrazine groups is 1. The van der Waals surface area contributed by atoms with Crippen LogP contribution in [0.4, 0.5) is 5.82 Å². The molecule has 0 fully saturated rings. The van der Waals surface area contributed by atoms with Crippen LogP contribution in [0, 0.1) is 0 Å². The fraction of sp³-hybridized carbons (Fsp3) is 0.333. The smallest absolute Gasteiger partial charge is 0.268 e. The monoisotopic (exact) mass is 288 g/mol. The van der Waals surface area contributed by atoms with E-state index < -0.39 is 0 Å². The molecule has 0 aliphatic carbocycles. The van der Waals surface area contributed by atoms with Gasteiger partial charge in [-0.25, -0.2) is 10.8 Å². The van der Waals surface area contributed by atoms with Gasteiger partial charge in [-0.1, -0.05) is 39.0 Å². The molecule has 21 heavy (non-hydrogen) atoms. The van der Waals surface area contributed by atoms with Gasteiger partial charge in [0.25, 0.3) is 5.88 Å². The van der Waals surface area contributed by atoms with Gasteiger partial charge in [0, 0.05) is 5.56 Å². The summed E-state index contributed by atoms with van der Waals surface area (Å²) in [4.78, 5) is 8.11. The topological polar surface area (TPSA) is 82.3 Å². The summed E-state index contributed by atoms with van der Waals surface area (Å²) < 4.78 is 11.2. The van der Waals surface area contributed by atoms with Crippen molar-refractivity contribution in [2.75, 3.05) is 12.5 Å². The molecule has 112 valence electrons. The molecule has 0 saturated heterocycles. The molecule has 0 spiro atoms. The summed E-state index contributed by atoms with van der Waals surface area (Å²) in [7, 11) is 1.52. The summed E-state index contributed by atoms with van der Waals surface area (Å²) in [5.74, 6) is 7.19. The van der Waals surface area contributed by atoms with Crippen molar-refractivity contribution in [3.05, 3.63) is 36.2 Å². The first-order valence-corrected chi connectivity index (χ1v) is 6.60. The van der Waals surface area contributed by atoms with Gasteiger partial charge in [-0.3, -0.25) is 0 Å². The lowest BCUT2D eigenvalue weighted by Gasteiger charge is -2.22. The van der Waals surface area contributed by atoms with E-state index in [2.05, 4.69) is 36.2 Å². The van der Waals surface area contributed by atoms with Crippen molar-refractivity contribution in [1.82, 2.24) is 9.97 Å². The summed E-state index contributed by atoms with van der Waals surface area (Å²) in [6.45, 7) is 6.37. The second-order valence-electron chi connectivity index (χ2n) is 5.55. The third-order valence-electron chi connectivity index (χ3n) is 3.01. The van der Waals surface area contributed by atoms with E-state index in [1.807, 2.05) is 24.3 Å². The fourth-order valence-corrected chi connectivity index (χ4v) is 2.00. The zero-order valence-corrected chi connectivity index (χ0v) is 12.7. The lowest BCUT2D eigenvalue weighted by Crippen LogP contribution is -2.13. The number of nitrogens with one attached hydrogen (secondary N) is 1. The van der Waals surface area contributed by atoms with Gasteiger partial charge in [0.2, 0.25) is 5.75 Å². The Morgan fingerprint density at radius 3 is 2.48 bits per heavy atom. The Kier molecular flexibility index (Phi) is 4.28. The van der Waals surface area contributed by atoms with Crippen molar-refractivity contribution >= 4 is 5.82 Å². The Morgan fingerprint density at radius 2 is 1.86 bits per heavy atom. The molecule has 0 bridgehead atoms. The molecule has 3 N–H and O–H groups in total. The number of nitrogen functional groups attached to an aromatic ring is 1. The molecule has 0 radical (unpaired) electrons. The third kappa shape index (κ3) is 3.22. The van der Waals surface area contributed by atoms with Crippen LogP contribution in [-0.2, 0) is 5.41 Å². The van der Waals surface area contributed by atoms with Crippen molar-refractivity contribution in [2.24, 2.45) is 5.84 Å². The van der Waals surface area contributed by atoms with E-state index in [0.29, 0.717) is 17.4 Å². The van der Waals surface area contributed by atoms with Crippen LogP contribution in [0.5, 0.6) is 17.4 Å². The molecule has 6 heteroatoms. The quantitative estimate of drug-likeness (QED) is 0.665. The molecule has 2 rings (SSSR count). The third-order valence-corrected chi connectivity index (χ3v) is 3.01. The number of hydrogen-bond donors (Lipinski definition) is 2. The Hall–Kier alpha value is -2.34. The highest BCUT2D eigenvalue weighted by atomic mass is 16.5. The highest BCUT2D eigenvalue weighted by molar-refractivity contribution is 5.55. The predicted octanol–water partition coefficient (Wildman–Crippen LogP) is 2.86. The van der Waals surface area contributed by atoms with Crippen molar-refractivity contribution < 1.29 is 9.47 Å². The lowest BCUT2D eigenvalue weighted by atomic mass is 9.86. The van der Waals surface area contributed by atoms with E-state index in [1.54, 1.807) is 0 Å². The highest BCUT2D eigenvalue weighted by Gasteiger charge is 2.21. The molecule has 0 amide bonds. The van der Waals surface area contributed by atoms with E-state index in [-0.39, 0.29) is 5.41 Å². The number of benzene rings is 1. The van der Waals surface area contributed by atoms with Crippen LogP contribution >= 0.6 is 0 Å². The largest absolute Gasteiger partial charge is 0.489 e. The Morgan fingerprint density at radius 1 is 1.14 bits per heavy atom. The molecule has 1 aromatic carbocycles. The van der Waals surface area contributed by atoms with Crippen molar-refractivity contribution in [2.45, 2.75) is 26.2 Å². The Bertz CT molecular complexity index is 623. The molecule has 1 aromatic heterocycles. The van der Waals surface area contributed by atoms with Crippen LogP contribution in [0.15, 0.2) is 30.6 Å².